The molecule has 0 bridgehead atoms. The van der Waals surface area contributed by atoms with Gasteiger partial charge in [0, 0.05) is 31.0 Å². The number of benzene rings is 1. The van der Waals surface area contributed by atoms with Gasteiger partial charge in [-0.1, -0.05) is 0 Å². The molecule has 0 aliphatic carbocycles. The molecule has 0 spiro atoms. The third-order valence-electron chi connectivity index (χ3n) is 4.46. The van der Waals surface area contributed by atoms with Crippen LogP contribution in [0.25, 0.3) is 0 Å². The number of fused-ring (bicyclic) bond motifs is 1. The number of alkyl halides is 3. The smallest absolute Gasteiger partial charge is 0.343 e. The van der Waals surface area contributed by atoms with Crippen molar-refractivity contribution in [3.05, 3.63) is 23.8 Å². The normalized spacial score (nSPS) is 18.5. The number of likely N-dealkylation sites (tertiary alicyclic amines) is 1. The minimum atomic E-state index is -4.44. The van der Waals surface area contributed by atoms with Gasteiger partial charge in [-0.15, -0.1) is 11.8 Å². The summed E-state index contributed by atoms with van der Waals surface area (Å²) in [6.45, 7) is 1.57. The first-order chi connectivity index (χ1) is 11.9. The average Bonchev–Trinajstić information content (AvgIpc) is 2.57. The number of nitrogens with zero attached hydrogens (tertiary/aromatic N) is 2. The molecule has 0 saturated carbocycles. The standard InChI is InChI=1S/C17H19F3N2O2S/c18-17(19,20)12-5-6-14-13(10-12)22(16(24)11-25-14)9-3-8-21-7-2-1-4-15(21)23/h5-6,10H,1-4,7-9,11H2. The van der Waals surface area contributed by atoms with Crippen LogP contribution in [0.4, 0.5) is 18.9 Å². The number of piperidine rings is 1. The minimum absolute atomic E-state index is 0.117. The molecule has 4 nitrogen and oxygen atoms in total. The number of thioether (sulfide) groups is 1. The van der Waals surface area contributed by atoms with E-state index in [4.69, 9.17) is 0 Å². The van der Waals surface area contributed by atoms with E-state index >= 15 is 0 Å². The van der Waals surface area contributed by atoms with Gasteiger partial charge >= 0.3 is 6.18 Å². The maximum atomic E-state index is 13.0. The van der Waals surface area contributed by atoms with Gasteiger partial charge in [0.15, 0.2) is 0 Å². The van der Waals surface area contributed by atoms with Crippen LogP contribution in [0.2, 0.25) is 0 Å². The van der Waals surface area contributed by atoms with Crippen molar-refractivity contribution >= 4 is 29.3 Å². The second kappa shape index (κ2) is 7.27. The third-order valence-corrected chi connectivity index (χ3v) is 5.51. The van der Waals surface area contributed by atoms with E-state index in [1.165, 1.54) is 22.7 Å². The van der Waals surface area contributed by atoms with E-state index < -0.39 is 11.7 Å². The molecule has 0 radical (unpaired) electrons. The van der Waals surface area contributed by atoms with E-state index in [2.05, 4.69) is 0 Å². The van der Waals surface area contributed by atoms with Crippen LogP contribution in [-0.2, 0) is 15.8 Å². The molecule has 2 heterocycles. The van der Waals surface area contributed by atoms with Gasteiger partial charge < -0.3 is 9.80 Å². The first-order valence-electron chi connectivity index (χ1n) is 8.28. The van der Waals surface area contributed by atoms with Crippen molar-refractivity contribution in [3.63, 3.8) is 0 Å². The lowest BCUT2D eigenvalue weighted by Gasteiger charge is -2.31. The lowest BCUT2D eigenvalue weighted by Crippen LogP contribution is -2.40. The van der Waals surface area contributed by atoms with Crippen LogP contribution >= 0.6 is 11.8 Å². The predicted octanol–water partition coefficient (Wildman–Crippen LogP) is 3.55. The van der Waals surface area contributed by atoms with Gasteiger partial charge in [-0.05, 0) is 37.5 Å². The topological polar surface area (TPSA) is 40.6 Å². The van der Waals surface area contributed by atoms with Gasteiger partial charge in [0.1, 0.15) is 0 Å². The predicted molar refractivity (Wildman–Crippen MR) is 89.6 cm³/mol. The van der Waals surface area contributed by atoms with Crippen molar-refractivity contribution in [1.82, 2.24) is 4.90 Å². The average molecular weight is 372 g/mol. The lowest BCUT2D eigenvalue weighted by molar-refractivity contribution is -0.137. The SMILES string of the molecule is O=C1CCCCN1CCCN1C(=O)CSc2ccc(C(F)(F)F)cc21. The van der Waals surface area contributed by atoms with Crippen molar-refractivity contribution in [1.29, 1.82) is 0 Å². The van der Waals surface area contributed by atoms with Crippen molar-refractivity contribution in [2.75, 3.05) is 30.3 Å². The van der Waals surface area contributed by atoms with Crippen LogP contribution in [0.5, 0.6) is 0 Å². The van der Waals surface area contributed by atoms with E-state index in [-0.39, 0.29) is 17.6 Å². The molecule has 2 aliphatic heterocycles. The van der Waals surface area contributed by atoms with Gasteiger partial charge in [-0.25, -0.2) is 0 Å². The minimum Gasteiger partial charge on any atom is -0.343 e. The highest BCUT2D eigenvalue weighted by atomic mass is 32.2. The number of hydrogen-bond donors (Lipinski definition) is 0. The highest BCUT2D eigenvalue weighted by molar-refractivity contribution is 8.00. The van der Waals surface area contributed by atoms with Crippen molar-refractivity contribution in [3.8, 4) is 0 Å². The van der Waals surface area contributed by atoms with Crippen molar-refractivity contribution in [2.24, 2.45) is 0 Å². The summed E-state index contributed by atoms with van der Waals surface area (Å²) in [5.74, 6) is 0.148. The Morgan fingerprint density at radius 2 is 1.88 bits per heavy atom. The first-order valence-corrected chi connectivity index (χ1v) is 9.27. The van der Waals surface area contributed by atoms with Gasteiger partial charge in [-0.2, -0.15) is 13.2 Å². The summed E-state index contributed by atoms with van der Waals surface area (Å²) >= 11 is 1.26. The van der Waals surface area contributed by atoms with Crippen LogP contribution in [-0.4, -0.2) is 42.1 Å². The molecule has 1 saturated heterocycles. The molecular weight excluding hydrogens is 353 g/mol. The number of hydrogen-bond acceptors (Lipinski definition) is 3. The molecule has 8 heteroatoms. The fourth-order valence-electron chi connectivity index (χ4n) is 3.14. The molecule has 136 valence electrons. The highest BCUT2D eigenvalue weighted by Gasteiger charge is 2.33. The van der Waals surface area contributed by atoms with E-state index in [1.54, 1.807) is 4.90 Å². The summed E-state index contributed by atoms with van der Waals surface area (Å²) in [4.78, 5) is 27.9. The van der Waals surface area contributed by atoms with E-state index in [0.29, 0.717) is 36.5 Å². The lowest BCUT2D eigenvalue weighted by atomic mass is 10.1. The fourth-order valence-corrected chi connectivity index (χ4v) is 4.06. The maximum absolute atomic E-state index is 13.0. The number of carbonyl (C=O) groups excluding carboxylic acids is 2. The zero-order valence-electron chi connectivity index (χ0n) is 13.6. The number of anilines is 1. The van der Waals surface area contributed by atoms with Gasteiger partial charge in [0.25, 0.3) is 0 Å². The second-order valence-corrected chi connectivity index (χ2v) is 7.22. The van der Waals surface area contributed by atoms with Crippen LogP contribution in [0.1, 0.15) is 31.2 Å². The van der Waals surface area contributed by atoms with Crippen molar-refractivity contribution in [2.45, 2.75) is 36.8 Å². The summed E-state index contributed by atoms with van der Waals surface area (Å²) in [6.07, 6.45) is -1.45. The Morgan fingerprint density at radius 3 is 2.60 bits per heavy atom. The Hall–Kier alpha value is -1.70. The molecule has 1 aromatic carbocycles. The van der Waals surface area contributed by atoms with Crippen LogP contribution in [0, 0.1) is 0 Å². The molecule has 1 fully saturated rings. The van der Waals surface area contributed by atoms with E-state index in [1.807, 2.05) is 0 Å². The largest absolute Gasteiger partial charge is 0.416 e. The molecule has 2 aliphatic rings. The van der Waals surface area contributed by atoms with E-state index in [0.717, 1.165) is 31.5 Å². The number of halogens is 3. The summed E-state index contributed by atoms with van der Waals surface area (Å²) in [5, 5.41) is 0. The van der Waals surface area contributed by atoms with Crippen LogP contribution in [0.15, 0.2) is 23.1 Å². The number of carbonyl (C=O) groups is 2. The fraction of sp³-hybridized carbons (Fsp3) is 0.529. The van der Waals surface area contributed by atoms with Crippen LogP contribution < -0.4 is 4.90 Å². The van der Waals surface area contributed by atoms with Crippen molar-refractivity contribution < 1.29 is 22.8 Å². The van der Waals surface area contributed by atoms with Gasteiger partial charge in [0.2, 0.25) is 11.8 Å². The molecule has 0 aromatic heterocycles. The molecule has 1 aromatic rings. The summed E-state index contributed by atoms with van der Waals surface area (Å²) in [5.41, 5.74) is -0.432. The molecule has 0 N–H and O–H groups in total. The molecule has 0 atom stereocenters. The summed E-state index contributed by atoms with van der Waals surface area (Å²) < 4.78 is 38.9. The molecule has 3 rings (SSSR count). The highest BCUT2D eigenvalue weighted by Crippen LogP contribution is 2.40. The number of amides is 2. The zero-order chi connectivity index (χ0) is 18.0. The Kier molecular flexibility index (Phi) is 5.27. The molecule has 2 amide bonds. The Labute approximate surface area is 148 Å². The molecule has 25 heavy (non-hydrogen) atoms. The molecule has 0 unspecified atom stereocenters. The maximum Gasteiger partial charge on any atom is 0.416 e. The Morgan fingerprint density at radius 1 is 1.08 bits per heavy atom. The zero-order valence-corrected chi connectivity index (χ0v) is 14.5. The molecular formula is C17H19F3N2O2S. The first kappa shape index (κ1) is 18.1. The Balaban J connectivity index is 1.71. The second-order valence-electron chi connectivity index (χ2n) is 6.21. The van der Waals surface area contributed by atoms with E-state index in [9.17, 15) is 22.8 Å². The Bertz CT molecular complexity index is 678. The summed E-state index contributed by atoms with van der Waals surface area (Å²) in [6, 6.07) is 3.52. The number of rotatable bonds is 4. The monoisotopic (exact) mass is 372 g/mol. The summed E-state index contributed by atoms with van der Waals surface area (Å²) in [7, 11) is 0. The van der Waals surface area contributed by atoms with Crippen LogP contribution in [0.3, 0.4) is 0 Å². The van der Waals surface area contributed by atoms with Gasteiger partial charge in [0.05, 0.1) is 17.0 Å². The quantitative estimate of drug-likeness (QED) is 0.812. The third kappa shape index (κ3) is 4.11. The van der Waals surface area contributed by atoms with Gasteiger partial charge in [-0.3, -0.25) is 9.59 Å².